The molecule has 0 N–H and O–H groups in total. The maximum atomic E-state index is 12.1. The third kappa shape index (κ3) is 2.35. The van der Waals surface area contributed by atoms with Gasteiger partial charge in [0, 0.05) is 6.92 Å². The summed E-state index contributed by atoms with van der Waals surface area (Å²) < 4.78 is 5.38. The minimum absolute atomic E-state index is 0.00928. The summed E-state index contributed by atoms with van der Waals surface area (Å²) in [5.74, 6) is -0.0115. The number of rotatable bonds is 0. The number of fused-ring (bicyclic) bond motifs is 1. The first-order chi connectivity index (χ1) is 8.29. The molecule has 1 saturated heterocycles. The van der Waals surface area contributed by atoms with Gasteiger partial charge in [0.1, 0.15) is 12.3 Å². The molecule has 1 aliphatic carbocycles. The number of hydrogen-bond acceptors (Lipinski definition) is 3. The second-order valence-corrected chi connectivity index (χ2v) is 5.80. The normalized spacial score (nSPS) is 26.4. The van der Waals surface area contributed by atoms with Gasteiger partial charge in [0.25, 0.3) is 0 Å². The van der Waals surface area contributed by atoms with Crippen molar-refractivity contribution in [2.45, 2.75) is 51.8 Å². The van der Waals surface area contributed by atoms with E-state index in [4.69, 9.17) is 4.74 Å². The molecule has 0 radical (unpaired) electrons. The predicted molar refractivity (Wildman–Crippen MR) is 66.8 cm³/mol. The van der Waals surface area contributed by atoms with Gasteiger partial charge in [0.2, 0.25) is 5.91 Å². The van der Waals surface area contributed by atoms with E-state index in [2.05, 4.69) is 0 Å². The SMILES string of the molecule is CC(=O)N1CN(C(=O)OC(C)(C)C)[C@@H]2CC=C[C@@H]21. The third-order valence-corrected chi connectivity index (χ3v) is 3.20. The Morgan fingerprint density at radius 3 is 2.50 bits per heavy atom. The number of carbonyl (C=O) groups is 2. The van der Waals surface area contributed by atoms with Crippen LogP contribution in [0.2, 0.25) is 0 Å². The van der Waals surface area contributed by atoms with Crippen LogP contribution in [-0.2, 0) is 9.53 Å². The van der Waals surface area contributed by atoms with Gasteiger partial charge < -0.3 is 9.64 Å². The molecular weight excluding hydrogens is 232 g/mol. The van der Waals surface area contributed by atoms with E-state index >= 15 is 0 Å². The molecule has 2 atom stereocenters. The smallest absolute Gasteiger partial charge is 0.412 e. The van der Waals surface area contributed by atoms with E-state index < -0.39 is 5.60 Å². The zero-order chi connectivity index (χ0) is 13.5. The Labute approximate surface area is 107 Å². The molecule has 0 aromatic carbocycles. The summed E-state index contributed by atoms with van der Waals surface area (Å²) >= 11 is 0. The van der Waals surface area contributed by atoms with Gasteiger partial charge in [-0.1, -0.05) is 12.2 Å². The lowest BCUT2D eigenvalue weighted by Crippen LogP contribution is -2.41. The molecule has 0 unspecified atom stereocenters. The molecule has 2 amide bonds. The van der Waals surface area contributed by atoms with Gasteiger partial charge in [-0.3, -0.25) is 9.69 Å². The molecule has 1 heterocycles. The third-order valence-electron chi connectivity index (χ3n) is 3.20. The van der Waals surface area contributed by atoms with Crippen LogP contribution in [0.3, 0.4) is 0 Å². The van der Waals surface area contributed by atoms with Crippen molar-refractivity contribution < 1.29 is 14.3 Å². The molecule has 100 valence electrons. The Morgan fingerprint density at radius 1 is 1.28 bits per heavy atom. The predicted octanol–water partition coefficient (Wildman–Crippen LogP) is 1.74. The highest BCUT2D eigenvalue weighted by atomic mass is 16.6. The van der Waals surface area contributed by atoms with Crippen LogP contribution in [-0.4, -0.2) is 46.2 Å². The van der Waals surface area contributed by atoms with Gasteiger partial charge >= 0.3 is 6.09 Å². The first-order valence-corrected chi connectivity index (χ1v) is 6.23. The topological polar surface area (TPSA) is 49.9 Å². The first kappa shape index (κ1) is 12.9. The highest BCUT2D eigenvalue weighted by Crippen LogP contribution is 2.30. The second-order valence-electron chi connectivity index (χ2n) is 5.80. The summed E-state index contributed by atoms with van der Waals surface area (Å²) in [6.45, 7) is 7.38. The van der Waals surface area contributed by atoms with E-state index in [1.54, 1.807) is 9.80 Å². The molecule has 0 spiro atoms. The molecule has 1 aliphatic heterocycles. The van der Waals surface area contributed by atoms with Crippen molar-refractivity contribution in [2.24, 2.45) is 0 Å². The zero-order valence-corrected chi connectivity index (χ0v) is 11.3. The van der Waals surface area contributed by atoms with E-state index in [0.717, 1.165) is 6.42 Å². The number of ether oxygens (including phenoxy) is 1. The van der Waals surface area contributed by atoms with Crippen molar-refractivity contribution in [3.8, 4) is 0 Å². The minimum Gasteiger partial charge on any atom is -0.444 e. The maximum Gasteiger partial charge on any atom is 0.412 e. The molecule has 1 fully saturated rings. The van der Waals surface area contributed by atoms with E-state index in [1.807, 2.05) is 32.9 Å². The molecule has 0 bridgehead atoms. The van der Waals surface area contributed by atoms with Gasteiger partial charge in [-0.25, -0.2) is 4.79 Å². The highest BCUT2D eigenvalue weighted by molar-refractivity contribution is 5.77. The summed E-state index contributed by atoms with van der Waals surface area (Å²) in [6, 6.07) is 0.0405. The van der Waals surface area contributed by atoms with Crippen molar-refractivity contribution in [1.29, 1.82) is 0 Å². The van der Waals surface area contributed by atoms with Gasteiger partial charge in [-0.2, -0.15) is 0 Å². The van der Waals surface area contributed by atoms with Crippen LogP contribution in [0.25, 0.3) is 0 Å². The monoisotopic (exact) mass is 252 g/mol. The quantitative estimate of drug-likeness (QED) is 0.617. The largest absolute Gasteiger partial charge is 0.444 e. The standard InChI is InChI=1S/C13H20N2O3/c1-9(16)14-8-15(11-7-5-6-10(11)14)12(17)18-13(2,3)4/h5-6,10-11H,7-8H2,1-4H3/t10-,11+/m0/s1. The first-order valence-electron chi connectivity index (χ1n) is 6.23. The van der Waals surface area contributed by atoms with Crippen LogP contribution in [0, 0.1) is 0 Å². The van der Waals surface area contributed by atoms with Crippen LogP contribution in [0.15, 0.2) is 12.2 Å². The van der Waals surface area contributed by atoms with E-state index in [1.165, 1.54) is 6.92 Å². The number of nitrogens with zero attached hydrogens (tertiary/aromatic N) is 2. The van der Waals surface area contributed by atoms with Gasteiger partial charge in [-0.05, 0) is 27.2 Å². The lowest BCUT2D eigenvalue weighted by atomic mass is 10.1. The number of hydrogen-bond donors (Lipinski definition) is 0. The zero-order valence-electron chi connectivity index (χ0n) is 11.3. The van der Waals surface area contributed by atoms with E-state index in [-0.39, 0.29) is 24.1 Å². The average Bonchev–Trinajstić information content (AvgIpc) is 2.72. The lowest BCUT2D eigenvalue weighted by molar-refractivity contribution is -0.129. The summed E-state index contributed by atoms with van der Waals surface area (Å²) in [5.41, 5.74) is -0.512. The Hall–Kier alpha value is -1.52. The number of carbonyl (C=O) groups excluding carboxylic acids is 2. The van der Waals surface area contributed by atoms with Gasteiger partial charge in [0.05, 0.1) is 12.1 Å². The molecule has 18 heavy (non-hydrogen) atoms. The highest BCUT2D eigenvalue weighted by Gasteiger charge is 2.45. The molecular formula is C13H20N2O3. The molecule has 0 aromatic rings. The Balaban J connectivity index is 2.11. The van der Waals surface area contributed by atoms with Crippen LogP contribution < -0.4 is 0 Å². The summed E-state index contributed by atoms with van der Waals surface area (Å²) in [6.07, 6.45) is 4.45. The van der Waals surface area contributed by atoms with Crippen molar-refractivity contribution in [3.63, 3.8) is 0 Å². The van der Waals surface area contributed by atoms with Crippen molar-refractivity contribution >= 4 is 12.0 Å². The summed E-state index contributed by atoms with van der Waals surface area (Å²) in [5, 5.41) is 0. The maximum absolute atomic E-state index is 12.1. The fourth-order valence-corrected chi connectivity index (χ4v) is 2.43. The van der Waals surface area contributed by atoms with Crippen LogP contribution in [0.5, 0.6) is 0 Å². The molecule has 2 aliphatic rings. The molecule has 2 rings (SSSR count). The summed E-state index contributed by atoms with van der Waals surface area (Å²) in [7, 11) is 0. The van der Waals surface area contributed by atoms with Crippen LogP contribution >= 0.6 is 0 Å². The van der Waals surface area contributed by atoms with E-state index in [9.17, 15) is 9.59 Å². The molecule has 0 saturated carbocycles. The van der Waals surface area contributed by atoms with Crippen molar-refractivity contribution in [1.82, 2.24) is 9.80 Å². The Morgan fingerprint density at radius 2 is 1.94 bits per heavy atom. The second kappa shape index (κ2) is 4.30. The summed E-state index contributed by atoms with van der Waals surface area (Å²) in [4.78, 5) is 27.0. The van der Waals surface area contributed by atoms with E-state index in [0.29, 0.717) is 6.67 Å². The van der Waals surface area contributed by atoms with Crippen molar-refractivity contribution in [3.05, 3.63) is 12.2 Å². The minimum atomic E-state index is -0.512. The average molecular weight is 252 g/mol. The molecule has 5 heteroatoms. The fourth-order valence-electron chi connectivity index (χ4n) is 2.43. The van der Waals surface area contributed by atoms with Gasteiger partial charge in [-0.15, -0.1) is 0 Å². The number of amides is 2. The van der Waals surface area contributed by atoms with Crippen molar-refractivity contribution in [2.75, 3.05) is 6.67 Å². The Bertz CT molecular complexity index is 398. The lowest BCUT2D eigenvalue weighted by Gasteiger charge is -2.27. The molecule has 0 aromatic heterocycles. The fraction of sp³-hybridized carbons (Fsp3) is 0.692. The Kier molecular flexibility index (Phi) is 3.09. The molecule has 5 nitrogen and oxygen atoms in total. The van der Waals surface area contributed by atoms with Crippen LogP contribution in [0.1, 0.15) is 34.1 Å². The van der Waals surface area contributed by atoms with Crippen LogP contribution in [0.4, 0.5) is 4.79 Å². The van der Waals surface area contributed by atoms with Gasteiger partial charge in [0.15, 0.2) is 0 Å².